The molecule has 1 aromatic carbocycles. The Morgan fingerprint density at radius 3 is 2.59 bits per heavy atom. The number of carbonyl (C=O) groups is 2. The Morgan fingerprint density at radius 1 is 1.25 bits per heavy atom. The van der Waals surface area contributed by atoms with Crippen molar-refractivity contribution < 1.29 is 32.3 Å². The second kappa shape index (κ2) is 9.11. The lowest BCUT2D eigenvalue weighted by Gasteiger charge is -2.12. The summed E-state index contributed by atoms with van der Waals surface area (Å²) in [6.07, 6.45) is -3.46. The summed E-state index contributed by atoms with van der Waals surface area (Å²) in [5, 5.41) is 13.1. The Hall–Kier alpha value is -3.21. The number of amides is 1. The highest BCUT2D eigenvalue weighted by molar-refractivity contribution is 7.14. The Morgan fingerprint density at radius 2 is 1.97 bits per heavy atom. The van der Waals surface area contributed by atoms with E-state index in [1.54, 1.807) is 12.3 Å². The number of anilines is 1. The van der Waals surface area contributed by atoms with Crippen molar-refractivity contribution in [2.45, 2.75) is 38.9 Å². The van der Waals surface area contributed by atoms with Gasteiger partial charge in [-0.05, 0) is 35.2 Å². The fourth-order valence-corrected chi connectivity index (χ4v) is 3.72. The van der Waals surface area contributed by atoms with Gasteiger partial charge < -0.3 is 9.67 Å². The summed E-state index contributed by atoms with van der Waals surface area (Å²) >= 11 is 1.06. The Bertz CT molecular complexity index is 1150. The van der Waals surface area contributed by atoms with Crippen molar-refractivity contribution in [3.05, 3.63) is 69.7 Å². The predicted octanol–water partition coefficient (Wildman–Crippen LogP) is 5.15. The van der Waals surface area contributed by atoms with Crippen LogP contribution in [0.1, 0.15) is 52.6 Å². The van der Waals surface area contributed by atoms with E-state index < -0.39 is 29.4 Å². The van der Waals surface area contributed by atoms with Crippen LogP contribution in [0.5, 0.6) is 0 Å². The van der Waals surface area contributed by atoms with Crippen LogP contribution in [0.15, 0.2) is 35.8 Å². The van der Waals surface area contributed by atoms with Crippen LogP contribution in [0.25, 0.3) is 0 Å². The van der Waals surface area contributed by atoms with Crippen LogP contribution in [0.2, 0.25) is 0 Å². The fraction of sp³-hybridized carbons (Fsp3) is 0.286. The molecule has 170 valence electrons. The fourth-order valence-electron chi connectivity index (χ4n) is 3.02. The minimum absolute atomic E-state index is 0.0452. The molecular weight excluding hydrogens is 450 g/mol. The summed E-state index contributed by atoms with van der Waals surface area (Å²) in [6, 6.07) is 4.34. The van der Waals surface area contributed by atoms with Gasteiger partial charge in [0.25, 0.3) is 5.91 Å². The van der Waals surface area contributed by atoms with Crippen LogP contribution < -0.4 is 5.32 Å². The SMILES string of the molecule is CC(C)c1cc(C(=O)Nc2nc(CC(=O)O)cs2)n(Cc2ccc(F)c(C(F)(F)F)c2)c1. The number of thiazole rings is 1. The highest BCUT2D eigenvalue weighted by Crippen LogP contribution is 2.32. The van der Waals surface area contributed by atoms with Gasteiger partial charge in [0.2, 0.25) is 0 Å². The van der Waals surface area contributed by atoms with Gasteiger partial charge in [-0.2, -0.15) is 13.2 Å². The third-order valence-corrected chi connectivity index (χ3v) is 5.42. The molecule has 2 heterocycles. The molecule has 2 N–H and O–H groups in total. The van der Waals surface area contributed by atoms with Crippen molar-refractivity contribution in [2.75, 3.05) is 5.32 Å². The molecule has 0 aliphatic carbocycles. The summed E-state index contributed by atoms with van der Waals surface area (Å²) in [7, 11) is 0. The van der Waals surface area contributed by atoms with Crippen LogP contribution in [0.3, 0.4) is 0 Å². The first kappa shape index (κ1) is 23.5. The average molecular weight is 469 g/mol. The molecule has 0 aliphatic heterocycles. The third-order valence-electron chi connectivity index (χ3n) is 4.61. The summed E-state index contributed by atoms with van der Waals surface area (Å²) in [4.78, 5) is 27.7. The Kier molecular flexibility index (Phi) is 6.68. The quantitative estimate of drug-likeness (QED) is 0.469. The maximum Gasteiger partial charge on any atom is 0.419 e. The second-order valence-corrected chi connectivity index (χ2v) is 8.28. The first-order chi connectivity index (χ1) is 14.9. The Labute approximate surface area is 184 Å². The number of benzene rings is 1. The third kappa shape index (κ3) is 5.52. The highest BCUT2D eigenvalue weighted by atomic mass is 32.1. The van der Waals surface area contributed by atoms with Crippen molar-refractivity contribution in [2.24, 2.45) is 0 Å². The van der Waals surface area contributed by atoms with Gasteiger partial charge in [-0.3, -0.25) is 14.9 Å². The van der Waals surface area contributed by atoms with E-state index in [1.165, 1.54) is 16.0 Å². The molecular formula is C21H19F4N3O3S. The van der Waals surface area contributed by atoms with Gasteiger partial charge in [0.1, 0.15) is 11.5 Å². The van der Waals surface area contributed by atoms with Crippen LogP contribution in [-0.4, -0.2) is 26.5 Å². The van der Waals surface area contributed by atoms with E-state index in [4.69, 9.17) is 5.11 Å². The molecule has 0 radical (unpaired) electrons. The molecule has 32 heavy (non-hydrogen) atoms. The highest BCUT2D eigenvalue weighted by Gasteiger charge is 2.34. The van der Waals surface area contributed by atoms with E-state index in [9.17, 15) is 27.2 Å². The van der Waals surface area contributed by atoms with E-state index in [0.717, 1.165) is 29.0 Å². The molecule has 0 atom stereocenters. The topological polar surface area (TPSA) is 84.2 Å². The number of alkyl halides is 3. The van der Waals surface area contributed by atoms with Gasteiger partial charge in [-0.1, -0.05) is 19.9 Å². The zero-order valence-corrected chi connectivity index (χ0v) is 17.9. The number of halogens is 4. The maximum atomic E-state index is 13.6. The number of carboxylic acid groups (broad SMARTS) is 1. The van der Waals surface area contributed by atoms with Gasteiger partial charge in [0, 0.05) is 18.1 Å². The van der Waals surface area contributed by atoms with Gasteiger partial charge in [0.15, 0.2) is 5.13 Å². The average Bonchev–Trinajstić information content (AvgIpc) is 3.29. The first-order valence-corrected chi connectivity index (χ1v) is 10.3. The number of rotatable bonds is 7. The predicted molar refractivity (Wildman–Crippen MR) is 110 cm³/mol. The molecule has 0 aliphatic rings. The molecule has 1 amide bonds. The number of aliphatic carboxylic acids is 1. The molecule has 0 saturated heterocycles. The first-order valence-electron chi connectivity index (χ1n) is 9.47. The molecule has 11 heteroatoms. The van der Waals surface area contributed by atoms with Crippen molar-refractivity contribution in [1.82, 2.24) is 9.55 Å². The lowest BCUT2D eigenvalue weighted by Crippen LogP contribution is -2.17. The van der Waals surface area contributed by atoms with Crippen molar-refractivity contribution in [3.63, 3.8) is 0 Å². The summed E-state index contributed by atoms with van der Waals surface area (Å²) in [5.74, 6) is -2.92. The van der Waals surface area contributed by atoms with Crippen LogP contribution in [0, 0.1) is 5.82 Å². The van der Waals surface area contributed by atoms with E-state index in [-0.39, 0.29) is 35.3 Å². The van der Waals surface area contributed by atoms with Crippen LogP contribution in [-0.2, 0) is 23.9 Å². The number of hydrogen-bond acceptors (Lipinski definition) is 4. The standard InChI is InChI=1S/C21H19F4N3O3S/c1-11(2)13-6-17(19(31)27-20-26-14(10-32-20)7-18(29)30)28(9-13)8-12-3-4-16(22)15(5-12)21(23,24)25/h3-6,9-11H,7-8H2,1-2H3,(H,29,30)(H,26,27,31). The number of hydrogen-bond donors (Lipinski definition) is 2. The van der Waals surface area contributed by atoms with Gasteiger partial charge in [-0.25, -0.2) is 9.37 Å². The summed E-state index contributed by atoms with van der Waals surface area (Å²) < 4.78 is 54.3. The lowest BCUT2D eigenvalue weighted by atomic mass is 10.1. The van der Waals surface area contributed by atoms with Crippen molar-refractivity contribution >= 4 is 28.3 Å². The minimum atomic E-state index is -4.83. The van der Waals surface area contributed by atoms with Crippen LogP contribution in [0.4, 0.5) is 22.7 Å². The maximum absolute atomic E-state index is 13.6. The molecule has 2 aromatic heterocycles. The number of nitrogens with one attached hydrogen (secondary N) is 1. The molecule has 0 unspecified atom stereocenters. The largest absolute Gasteiger partial charge is 0.481 e. The molecule has 3 aromatic rings. The normalized spacial score (nSPS) is 11.7. The summed E-state index contributed by atoms with van der Waals surface area (Å²) in [5.41, 5.74) is 0.0743. The van der Waals surface area contributed by atoms with E-state index in [0.29, 0.717) is 5.69 Å². The lowest BCUT2D eigenvalue weighted by molar-refractivity contribution is -0.140. The monoisotopic (exact) mass is 469 g/mol. The van der Waals surface area contributed by atoms with Crippen LogP contribution >= 0.6 is 11.3 Å². The zero-order chi connectivity index (χ0) is 23.6. The van der Waals surface area contributed by atoms with Gasteiger partial charge >= 0.3 is 12.1 Å². The molecule has 6 nitrogen and oxygen atoms in total. The molecule has 0 bridgehead atoms. The van der Waals surface area contributed by atoms with E-state index >= 15 is 0 Å². The summed E-state index contributed by atoms with van der Waals surface area (Å²) in [6.45, 7) is 3.72. The molecule has 3 rings (SSSR count). The molecule has 0 fully saturated rings. The number of carbonyl (C=O) groups excluding carboxylic acids is 1. The zero-order valence-electron chi connectivity index (χ0n) is 17.0. The second-order valence-electron chi connectivity index (χ2n) is 7.42. The smallest absolute Gasteiger partial charge is 0.419 e. The minimum Gasteiger partial charge on any atom is -0.481 e. The molecule has 0 spiro atoms. The van der Waals surface area contributed by atoms with E-state index in [1.807, 2.05) is 13.8 Å². The number of carboxylic acids is 1. The van der Waals surface area contributed by atoms with E-state index in [2.05, 4.69) is 10.3 Å². The Balaban J connectivity index is 1.89. The number of nitrogens with zero attached hydrogens (tertiary/aromatic N) is 2. The van der Waals surface area contributed by atoms with Gasteiger partial charge in [0.05, 0.1) is 17.7 Å². The van der Waals surface area contributed by atoms with Crippen molar-refractivity contribution in [3.8, 4) is 0 Å². The van der Waals surface area contributed by atoms with Crippen molar-refractivity contribution in [1.29, 1.82) is 0 Å². The molecule has 0 saturated carbocycles. The van der Waals surface area contributed by atoms with Gasteiger partial charge in [-0.15, -0.1) is 11.3 Å². The number of aromatic nitrogens is 2.